The second-order valence-corrected chi connectivity index (χ2v) is 11.2. The fourth-order valence-electron chi connectivity index (χ4n) is 6.26. The third kappa shape index (κ3) is 4.87. The molecule has 1 spiro atoms. The minimum absolute atomic E-state index is 0.0744. The Morgan fingerprint density at radius 3 is 2.56 bits per heavy atom. The van der Waals surface area contributed by atoms with Crippen LogP contribution in [0.4, 0.5) is 0 Å². The van der Waals surface area contributed by atoms with Crippen LogP contribution in [-0.2, 0) is 11.3 Å². The average molecular weight is 544 g/mol. The second-order valence-electron chi connectivity index (χ2n) is 10.8. The molecule has 1 amide bonds. The van der Waals surface area contributed by atoms with Crippen molar-refractivity contribution in [1.82, 2.24) is 14.9 Å². The number of ether oxygens (including phenoxy) is 1. The first-order valence-corrected chi connectivity index (χ1v) is 13.7. The Morgan fingerprint density at radius 2 is 1.85 bits per heavy atom. The van der Waals surface area contributed by atoms with Gasteiger partial charge in [-0.2, -0.15) is 0 Å². The molecule has 200 valence electrons. The Morgan fingerprint density at radius 1 is 1.08 bits per heavy atom. The van der Waals surface area contributed by atoms with E-state index in [2.05, 4.69) is 39.1 Å². The van der Waals surface area contributed by atoms with Crippen molar-refractivity contribution in [2.24, 2.45) is 11.3 Å². The highest BCUT2D eigenvalue weighted by molar-refractivity contribution is 6.36. The van der Waals surface area contributed by atoms with Gasteiger partial charge in [0.15, 0.2) is 0 Å². The topological polar surface area (TPSA) is 93.5 Å². The number of nitrogens with one attached hydrogen (secondary N) is 1. The van der Waals surface area contributed by atoms with E-state index in [9.17, 15) is 14.7 Å². The monoisotopic (exact) mass is 543 g/mol. The number of rotatable bonds is 8. The first-order valence-electron chi connectivity index (χ1n) is 13.3. The van der Waals surface area contributed by atoms with Crippen LogP contribution in [0.2, 0.25) is 5.02 Å². The molecular formula is C31H30ClN3O4. The summed E-state index contributed by atoms with van der Waals surface area (Å²) < 4.78 is 7.60. The lowest BCUT2D eigenvalue weighted by atomic mass is 9.50. The molecule has 0 unspecified atom stereocenters. The highest BCUT2D eigenvalue weighted by Crippen LogP contribution is 2.58. The molecule has 2 heterocycles. The van der Waals surface area contributed by atoms with Gasteiger partial charge in [-0.15, -0.1) is 0 Å². The maximum absolute atomic E-state index is 13.4. The van der Waals surface area contributed by atoms with Crippen molar-refractivity contribution in [2.45, 2.75) is 45.2 Å². The minimum atomic E-state index is -0.708. The number of pyridine rings is 1. The molecule has 0 radical (unpaired) electrons. The number of benzene rings is 2. The van der Waals surface area contributed by atoms with E-state index in [4.69, 9.17) is 16.3 Å². The minimum Gasteiger partial charge on any atom is -0.481 e. The van der Waals surface area contributed by atoms with Crippen LogP contribution in [0.25, 0.3) is 22.0 Å². The zero-order valence-electron chi connectivity index (χ0n) is 21.7. The molecule has 4 aromatic rings. The van der Waals surface area contributed by atoms with Crippen LogP contribution in [-0.4, -0.2) is 39.2 Å². The molecule has 7 nitrogen and oxygen atoms in total. The van der Waals surface area contributed by atoms with Crippen molar-refractivity contribution >= 4 is 34.4 Å². The van der Waals surface area contributed by atoms with Gasteiger partial charge in [-0.05, 0) is 79.0 Å². The quantitative estimate of drug-likeness (QED) is 0.277. The SMILES string of the molecule is CCOc1cc(-c2ccc(Cn3ccc4c(Cl)ccc(C(=O)NC5CC6(C5)CC(C(=O)O)C6)c43)cc2)ccn1. The number of nitrogens with zero attached hydrogens (tertiary/aromatic N) is 2. The Balaban J connectivity index is 1.18. The Labute approximate surface area is 231 Å². The first kappa shape index (κ1) is 25.4. The van der Waals surface area contributed by atoms with Gasteiger partial charge in [-0.1, -0.05) is 35.9 Å². The van der Waals surface area contributed by atoms with E-state index in [0.717, 1.165) is 53.3 Å². The molecule has 2 fully saturated rings. The third-order valence-corrected chi connectivity index (χ3v) is 8.52. The standard InChI is InChI=1S/C31H30ClN3O4/c1-2-39-27-13-21(9-11-33-27)20-5-3-19(4-6-20)18-35-12-10-24-26(32)8-7-25(28(24)35)29(36)34-23-16-31(17-23)14-22(15-31)30(37)38/h3-13,22-23H,2,14-18H2,1H3,(H,34,36)(H,37,38). The zero-order valence-corrected chi connectivity index (χ0v) is 22.4. The average Bonchev–Trinajstić information content (AvgIpc) is 3.30. The molecule has 2 aromatic heterocycles. The van der Waals surface area contributed by atoms with E-state index < -0.39 is 5.97 Å². The summed E-state index contributed by atoms with van der Waals surface area (Å²) in [7, 11) is 0. The molecule has 2 aliphatic rings. The van der Waals surface area contributed by atoms with Crippen molar-refractivity contribution < 1.29 is 19.4 Å². The fraction of sp³-hybridized carbons (Fsp3) is 0.323. The predicted molar refractivity (Wildman–Crippen MR) is 150 cm³/mol. The highest BCUT2D eigenvalue weighted by Gasteiger charge is 2.55. The maximum Gasteiger partial charge on any atom is 0.306 e. The van der Waals surface area contributed by atoms with Gasteiger partial charge in [0.2, 0.25) is 5.88 Å². The van der Waals surface area contributed by atoms with Crippen molar-refractivity contribution in [3.05, 3.63) is 83.1 Å². The third-order valence-electron chi connectivity index (χ3n) is 8.19. The van der Waals surface area contributed by atoms with Crippen LogP contribution < -0.4 is 10.1 Å². The van der Waals surface area contributed by atoms with Gasteiger partial charge in [0.05, 0.1) is 23.6 Å². The van der Waals surface area contributed by atoms with Gasteiger partial charge in [-0.3, -0.25) is 9.59 Å². The molecule has 8 heteroatoms. The van der Waals surface area contributed by atoms with Gasteiger partial charge in [0.1, 0.15) is 0 Å². The van der Waals surface area contributed by atoms with E-state index in [1.54, 1.807) is 18.3 Å². The Kier molecular flexibility index (Phi) is 6.55. The molecular weight excluding hydrogens is 514 g/mol. The summed E-state index contributed by atoms with van der Waals surface area (Å²) in [6.45, 7) is 3.10. The lowest BCUT2D eigenvalue weighted by molar-refractivity contribution is -0.155. The molecule has 0 saturated heterocycles. The van der Waals surface area contributed by atoms with Crippen molar-refractivity contribution in [2.75, 3.05) is 6.61 Å². The number of carboxylic acid groups (broad SMARTS) is 1. The summed E-state index contributed by atoms with van der Waals surface area (Å²) in [6.07, 6.45) is 6.84. The second kappa shape index (κ2) is 10.0. The normalized spacial score (nSPS) is 21.8. The predicted octanol–water partition coefficient (Wildman–Crippen LogP) is 6.18. The van der Waals surface area contributed by atoms with Crippen molar-refractivity contribution in [1.29, 1.82) is 0 Å². The number of carboxylic acids is 1. The van der Waals surface area contributed by atoms with Crippen LogP contribution in [0.5, 0.6) is 5.88 Å². The molecule has 2 aliphatic carbocycles. The number of carbonyl (C=O) groups is 2. The molecule has 2 aromatic carbocycles. The highest BCUT2D eigenvalue weighted by atomic mass is 35.5. The summed E-state index contributed by atoms with van der Waals surface area (Å²) >= 11 is 6.51. The summed E-state index contributed by atoms with van der Waals surface area (Å²) in [5, 5.41) is 13.8. The number of hydrogen-bond donors (Lipinski definition) is 2. The number of amides is 1. The Bertz CT molecular complexity index is 1550. The number of aliphatic carboxylic acids is 1. The number of fused-ring (bicyclic) bond motifs is 1. The van der Waals surface area contributed by atoms with Crippen LogP contribution in [0.3, 0.4) is 0 Å². The van der Waals surface area contributed by atoms with Crippen LogP contribution in [0.15, 0.2) is 67.0 Å². The van der Waals surface area contributed by atoms with Gasteiger partial charge >= 0.3 is 5.97 Å². The molecule has 0 atom stereocenters. The molecule has 0 aliphatic heterocycles. The number of carbonyl (C=O) groups excluding carboxylic acids is 1. The van der Waals surface area contributed by atoms with Gasteiger partial charge in [0, 0.05) is 41.5 Å². The summed E-state index contributed by atoms with van der Waals surface area (Å²) in [5.41, 5.74) is 4.71. The molecule has 39 heavy (non-hydrogen) atoms. The number of hydrogen-bond acceptors (Lipinski definition) is 4. The van der Waals surface area contributed by atoms with Crippen LogP contribution >= 0.6 is 11.6 Å². The first-order chi connectivity index (χ1) is 18.8. The largest absolute Gasteiger partial charge is 0.481 e. The fourth-order valence-corrected chi connectivity index (χ4v) is 6.48. The van der Waals surface area contributed by atoms with E-state index in [1.807, 2.05) is 31.3 Å². The number of aromatic nitrogens is 2. The van der Waals surface area contributed by atoms with E-state index in [0.29, 0.717) is 29.6 Å². The van der Waals surface area contributed by atoms with Crippen molar-refractivity contribution in [3.8, 4) is 17.0 Å². The molecule has 2 N–H and O–H groups in total. The lowest BCUT2D eigenvalue weighted by Crippen LogP contribution is -2.57. The van der Waals surface area contributed by atoms with Crippen LogP contribution in [0.1, 0.15) is 48.5 Å². The van der Waals surface area contributed by atoms with E-state index in [1.165, 1.54) is 0 Å². The van der Waals surface area contributed by atoms with Crippen molar-refractivity contribution in [3.63, 3.8) is 0 Å². The summed E-state index contributed by atoms with van der Waals surface area (Å²) in [5.74, 6) is -0.453. The van der Waals surface area contributed by atoms with Gasteiger partial charge in [0.25, 0.3) is 5.91 Å². The van der Waals surface area contributed by atoms with Gasteiger partial charge in [-0.25, -0.2) is 4.98 Å². The summed E-state index contributed by atoms with van der Waals surface area (Å²) in [4.78, 5) is 28.8. The smallest absolute Gasteiger partial charge is 0.306 e. The zero-order chi connectivity index (χ0) is 27.1. The maximum atomic E-state index is 13.4. The van der Waals surface area contributed by atoms with E-state index in [-0.39, 0.29) is 23.3 Å². The molecule has 2 saturated carbocycles. The molecule has 0 bridgehead atoms. The summed E-state index contributed by atoms with van der Waals surface area (Å²) in [6, 6.07) is 17.8. The van der Waals surface area contributed by atoms with Crippen LogP contribution in [0, 0.1) is 11.3 Å². The Hall–Kier alpha value is -3.84. The lowest BCUT2D eigenvalue weighted by Gasteiger charge is -2.56. The molecule has 6 rings (SSSR count). The van der Waals surface area contributed by atoms with Gasteiger partial charge < -0.3 is 19.7 Å². The number of halogens is 1. The van der Waals surface area contributed by atoms with E-state index >= 15 is 0 Å².